The van der Waals surface area contributed by atoms with Crippen molar-refractivity contribution in [2.75, 3.05) is 5.32 Å². The van der Waals surface area contributed by atoms with Crippen LogP contribution in [0.5, 0.6) is 0 Å². The van der Waals surface area contributed by atoms with E-state index in [-0.39, 0.29) is 11.9 Å². The summed E-state index contributed by atoms with van der Waals surface area (Å²) in [5, 5.41) is 6.97. The Bertz CT molecular complexity index is 529. The lowest BCUT2D eigenvalue weighted by Crippen LogP contribution is -2.23. The highest BCUT2D eigenvalue weighted by molar-refractivity contribution is 5.93. The van der Waals surface area contributed by atoms with E-state index < -0.39 is 0 Å². The average Bonchev–Trinajstić information content (AvgIpc) is 2.92. The normalized spacial score (nSPS) is 12.4. The molecule has 2 rings (SSSR count). The quantitative estimate of drug-likeness (QED) is 0.914. The van der Waals surface area contributed by atoms with Crippen molar-refractivity contribution in [3.8, 4) is 0 Å². The molecular formula is C15H19N3O. The summed E-state index contributed by atoms with van der Waals surface area (Å²) in [7, 11) is 0. The lowest BCUT2D eigenvalue weighted by Gasteiger charge is -2.13. The zero-order valence-electron chi connectivity index (χ0n) is 11.5. The molecule has 0 saturated carbocycles. The summed E-state index contributed by atoms with van der Waals surface area (Å²) in [5.74, 6) is 0.425. The van der Waals surface area contributed by atoms with Gasteiger partial charge in [-0.05, 0) is 36.6 Å². The summed E-state index contributed by atoms with van der Waals surface area (Å²) < 4.78 is 1.64. The molecule has 1 aromatic heterocycles. The van der Waals surface area contributed by atoms with E-state index in [1.165, 1.54) is 5.56 Å². The molecule has 4 nitrogen and oxygen atoms in total. The second kappa shape index (κ2) is 5.69. The molecule has 0 aliphatic heterocycles. The van der Waals surface area contributed by atoms with E-state index in [4.69, 9.17) is 0 Å². The topological polar surface area (TPSA) is 46.9 Å². The van der Waals surface area contributed by atoms with Gasteiger partial charge in [0, 0.05) is 18.1 Å². The Morgan fingerprint density at radius 2 is 1.89 bits per heavy atom. The molecule has 2 aromatic rings. The third kappa shape index (κ3) is 3.22. The number of carbonyl (C=O) groups is 1. The predicted molar refractivity (Wildman–Crippen MR) is 76.1 cm³/mol. The Morgan fingerprint density at radius 3 is 2.42 bits per heavy atom. The molecule has 1 heterocycles. The first-order valence-corrected chi connectivity index (χ1v) is 6.48. The summed E-state index contributed by atoms with van der Waals surface area (Å²) in [6.45, 7) is 6.12. The first kappa shape index (κ1) is 13.3. The standard InChI is InChI=1S/C15H19N3O/c1-11(2)13-5-7-14(8-6-13)17-15(19)12(3)18-10-4-9-16-18/h4-12H,1-3H3,(H,17,19)/t12-/m1/s1. The minimum absolute atomic E-state index is 0.0685. The number of hydrogen-bond donors (Lipinski definition) is 1. The Kier molecular flexibility index (Phi) is 4.00. The second-order valence-corrected chi connectivity index (χ2v) is 4.93. The number of benzene rings is 1. The number of nitrogens with zero attached hydrogens (tertiary/aromatic N) is 2. The molecule has 0 radical (unpaired) electrons. The van der Waals surface area contributed by atoms with Crippen LogP contribution < -0.4 is 5.32 Å². The minimum Gasteiger partial charge on any atom is -0.324 e. The molecule has 100 valence electrons. The van der Waals surface area contributed by atoms with Crippen LogP contribution in [0.4, 0.5) is 5.69 Å². The number of amides is 1. The maximum Gasteiger partial charge on any atom is 0.248 e. The van der Waals surface area contributed by atoms with Gasteiger partial charge < -0.3 is 5.32 Å². The number of nitrogens with one attached hydrogen (secondary N) is 1. The fourth-order valence-electron chi connectivity index (χ4n) is 1.83. The first-order valence-electron chi connectivity index (χ1n) is 6.48. The van der Waals surface area contributed by atoms with E-state index in [0.717, 1.165) is 5.69 Å². The van der Waals surface area contributed by atoms with Gasteiger partial charge in [0.25, 0.3) is 0 Å². The molecule has 19 heavy (non-hydrogen) atoms. The van der Waals surface area contributed by atoms with E-state index in [1.807, 2.05) is 31.2 Å². The van der Waals surface area contributed by atoms with Crippen molar-refractivity contribution in [3.63, 3.8) is 0 Å². The van der Waals surface area contributed by atoms with Gasteiger partial charge in [-0.1, -0.05) is 26.0 Å². The third-order valence-electron chi connectivity index (χ3n) is 3.15. The molecule has 1 atom stereocenters. The summed E-state index contributed by atoms with van der Waals surface area (Å²) in [6.07, 6.45) is 3.45. The Hall–Kier alpha value is -2.10. The molecule has 0 saturated heterocycles. The number of rotatable bonds is 4. The van der Waals surface area contributed by atoms with E-state index in [9.17, 15) is 4.79 Å². The number of carbonyl (C=O) groups excluding carboxylic acids is 1. The Labute approximate surface area is 113 Å². The van der Waals surface area contributed by atoms with Gasteiger partial charge in [-0.2, -0.15) is 5.10 Å². The summed E-state index contributed by atoms with van der Waals surface area (Å²) >= 11 is 0. The molecule has 0 aliphatic rings. The maximum atomic E-state index is 12.1. The molecule has 0 spiro atoms. The highest BCUT2D eigenvalue weighted by atomic mass is 16.2. The lowest BCUT2D eigenvalue weighted by atomic mass is 10.0. The smallest absolute Gasteiger partial charge is 0.248 e. The highest BCUT2D eigenvalue weighted by Gasteiger charge is 2.14. The van der Waals surface area contributed by atoms with Crippen molar-refractivity contribution in [2.45, 2.75) is 32.7 Å². The Morgan fingerprint density at radius 1 is 1.21 bits per heavy atom. The molecule has 1 N–H and O–H groups in total. The molecule has 0 unspecified atom stereocenters. The van der Waals surface area contributed by atoms with E-state index in [1.54, 1.807) is 23.1 Å². The van der Waals surface area contributed by atoms with Gasteiger partial charge in [0.15, 0.2) is 0 Å². The molecule has 1 amide bonds. The van der Waals surface area contributed by atoms with Crippen LogP contribution in [0.15, 0.2) is 42.7 Å². The molecule has 1 aromatic carbocycles. The fourth-order valence-corrected chi connectivity index (χ4v) is 1.83. The van der Waals surface area contributed by atoms with Crippen molar-refractivity contribution in [3.05, 3.63) is 48.3 Å². The minimum atomic E-state index is -0.320. The van der Waals surface area contributed by atoms with Gasteiger partial charge in [-0.3, -0.25) is 9.48 Å². The van der Waals surface area contributed by atoms with E-state index in [2.05, 4.69) is 24.3 Å². The van der Waals surface area contributed by atoms with Crippen LogP contribution in [0.25, 0.3) is 0 Å². The number of hydrogen-bond acceptors (Lipinski definition) is 2. The van der Waals surface area contributed by atoms with Crippen LogP contribution in [0.2, 0.25) is 0 Å². The largest absolute Gasteiger partial charge is 0.324 e. The van der Waals surface area contributed by atoms with Crippen LogP contribution in [0.1, 0.15) is 38.3 Å². The van der Waals surface area contributed by atoms with Crippen molar-refractivity contribution < 1.29 is 4.79 Å². The fraction of sp³-hybridized carbons (Fsp3) is 0.333. The van der Waals surface area contributed by atoms with Gasteiger partial charge in [0.05, 0.1) is 0 Å². The maximum absolute atomic E-state index is 12.1. The zero-order chi connectivity index (χ0) is 13.8. The lowest BCUT2D eigenvalue weighted by molar-refractivity contribution is -0.119. The van der Waals surface area contributed by atoms with Gasteiger partial charge in [-0.25, -0.2) is 0 Å². The van der Waals surface area contributed by atoms with Crippen LogP contribution in [0.3, 0.4) is 0 Å². The highest BCUT2D eigenvalue weighted by Crippen LogP contribution is 2.18. The predicted octanol–water partition coefficient (Wildman–Crippen LogP) is 3.21. The molecular weight excluding hydrogens is 238 g/mol. The van der Waals surface area contributed by atoms with E-state index >= 15 is 0 Å². The number of anilines is 1. The van der Waals surface area contributed by atoms with Gasteiger partial charge in [0.2, 0.25) is 5.91 Å². The summed E-state index contributed by atoms with van der Waals surface area (Å²) in [5.41, 5.74) is 2.08. The third-order valence-corrected chi connectivity index (χ3v) is 3.15. The molecule has 4 heteroatoms. The van der Waals surface area contributed by atoms with Crippen LogP contribution in [0, 0.1) is 0 Å². The second-order valence-electron chi connectivity index (χ2n) is 4.93. The zero-order valence-corrected chi connectivity index (χ0v) is 11.5. The van der Waals surface area contributed by atoms with Gasteiger partial charge in [0.1, 0.15) is 6.04 Å². The van der Waals surface area contributed by atoms with Crippen molar-refractivity contribution >= 4 is 11.6 Å². The SMILES string of the molecule is CC(C)c1ccc(NC(=O)[C@@H](C)n2cccn2)cc1. The summed E-state index contributed by atoms with van der Waals surface area (Å²) in [4.78, 5) is 12.1. The molecule has 0 bridgehead atoms. The average molecular weight is 257 g/mol. The van der Waals surface area contributed by atoms with Gasteiger partial charge in [-0.15, -0.1) is 0 Å². The summed E-state index contributed by atoms with van der Waals surface area (Å²) in [6, 6.07) is 9.44. The molecule has 0 aliphatic carbocycles. The van der Waals surface area contributed by atoms with Gasteiger partial charge >= 0.3 is 0 Å². The van der Waals surface area contributed by atoms with Crippen molar-refractivity contribution in [1.82, 2.24) is 9.78 Å². The first-order chi connectivity index (χ1) is 9.08. The van der Waals surface area contributed by atoms with E-state index in [0.29, 0.717) is 5.92 Å². The van der Waals surface area contributed by atoms with Crippen LogP contribution in [-0.4, -0.2) is 15.7 Å². The number of aromatic nitrogens is 2. The Balaban J connectivity index is 2.02. The van der Waals surface area contributed by atoms with Crippen molar-refractivity contribution in [2.24, 2.45) is 0 Å². The van der Waals surface area contributed by atoms with Crippen molar-refractivity contribution in [1.29, 1.82) is 0 Å². The monoisotopic (exact) mass is 257 g/mol. The molecule has 0 fully saturated rings. The van der Waals surface area contributed by atoms with Crippen LogP contribution in [-0.2, 0) is 4.79 Å². The van der Waals surface area contributed by atoms with Crippen LogP contribution >= 0.6 is 0 Å².